The number of hydrogen-bond acceptors (Lipinski definition) is 7. The van der Waals surface area contributed by atoms with E-state index < -0.39 is 32.5 Å². The molecule has 0 aliphatic carbocycles. The number of nitrogens with zero attached hydrogens (tertiary/aromatic N) is 3. The van der Waals surface area contributed by atoms with Crippen LogP contribution in [0.4, 0.5) is 25.8 Å². The van der Waals surface area contributed by atoms with Crippen LogP contribution in [0.5, 0.6) is 0 Å². The van der Waals surface area contributed by atoms with Crippen molar-refractivity contribution in [2.75, 3.05) is 49.6 Å². The highest BCUT2D eigenvalue weighted by Gasteiger charge is 2.32. The largest absolute Gasteiger partial charge is 0.379 e. The number of ether oxygens (including phenoxy) is 1. The molecule has 0 aromatic heterocycles. The standard InChI is InChI=1S/C22H24F2N4O6S/c23-18-3-1-16(13-19(18)24)25-22(29)15-5-7-26(8-6-15)20-4-2-17(14-21(20)28(30)31)35(32,33)27-9-11-34-12-10-27/h1-4,13-15H,5-12H2,(H,25,29). The number of morpholine rings is 1. The molecule has 2 fully saturated rings. The van der Waals surface area contributed by atoms with E-state index >= 15 is 0 Å². The van der Waals surface area contributed by atoms with Gasteiger partial charge in [-0.05, 0) is 37.1 Å². The van der Waals surface area contributed by atoms with Crippen LogP contribution in [0.25, 0.3) is 0 Å². The summed E-state index contributed by atoms with van der Waals surface area (Å²) in [4.78, 5) is 25.3. The predicted molar refractivity (Wildman–Crippen MR) is 123 cm³/mol. The zero-order chi connectivity index (χ0) is 25.2. The number of carbonyl (C=O) groups excluding carboxylic acids is 1. The van der Waals surface area contributed by atoms with E-state index in [1.807, 2.05) is 0 Å². The fourth-order valence-corrected chi connectivity index (χ4v) is 5.64. The van der Waals surface area contributed by atoms with Crippen molar-refractivity contribution < 1.29 is 31.7 Å². The molecular weight excluding hydrogens is 486 g/mol. The Morgan fingerprint density at radius 1 is 1.03 bits per heavy atom. The van der Waals surface area contributed by atoms with Crippen LogP contribution in [0.1, 0.15) is 12.8 Å². The summed E-state index contributed by atoms with van der Waals surface area (Å²) in [7, 11) is -3.89. The lowest BCUT2D eigenvalue weighted by atomic mass is 9.95. The highest BCUT2D eigenvalue weighted by atomic mass is 32.2. The Morgan fingerprint density at radius 2 is 1.71 bits per heavy atom. The van der Waals surface area contributed by atoms with E-state index in [0.717, 1.165) is 18.2 Å². The summed E-state index contributed by atoms with van der Waals surface area (Å²) in [6.07, 6.45) is 0.751. The van der Waals surface area contributed by atoms with Gasteiger partial charge in [-0.15, -0.1) is 0 Å². The molecule has 0 radical (unpaired) electrons. The SMILES string of the molecule is O=C(Nc1ccc(F)c(F)c1)C1CCN(c2ccc(S(=O)(=O)N3CCOCC3)cc2[N+](=O)[O-])CC1. The van der Waals surface area contributed by atoms with Crippen molar-refractivity contribution in [1.29, 1.82) is 0 Å². The molecular formula is C22H24F2N4O6S. The summed E-state index contributed by atoms with van der Waals surface area (Å²) in [6, 6.07) is 6.94. The van der Waals surface area contributed by atoms with Crippen LogP contribution in [0, 0.1) is 27.7 Å². The van der Waals surface area contributed by atoms with Gasteiger partial charge in [0.1, 0.15) is 5.69 Å². The van der Waals surface area contributed by atoms with Crippen LogP contribution in [0.2, 0.25) is 0 Å². The molecule has 2 saturated heterocycles. The second-order valence-corrected chi connectivity index (χ2v) is 10.2. The van der Waals surface area contributed by atoms with Gasteiger partial charge in [0, 0.05) is 49.9 Å². The minimum absolute atomic E-state index is 0.143. The number of carbonyl (C=O) groups is 1. The molecule has 4 rings (SSSR count). The molecule has 0 saturated carbocycles. The number of hydrogen-bond donors (Lipinski definition) is 1. The summed E-state index contributed by atoms with van der Waals surface area (Å²) in [5, 5.41) is 14.3. The van der Waals surface area contributed by atoms with Gasteiger partial charge in [-0.25, -0.2) is 17.2 Å². The molecule has 0 bridgehead atoms. The summed E-state index contributed by atoms with van der Waals surface area (Å²) in [5.74, 6) is -2.85. The number of nitro groups is 1. The number of piperidine rings is 1. The third-order valence-corrected chi connectivity index (χ3v) is 8.04. The van der Waals surface area contributed by atoms with Crippen molar-refractivity contribution in [1.82, 2.24) is 4.31 Å². The molecule has 1 N–H and O–H groups in total. The van der Waals surface area contributed by atoms with Crippen LogP contribution < -0.4 is 10.2 Å². The van der Waals surface area contributed by atoms with E-state index in [1.165, 1.54) is 22.5 Å². The van der Waals surface area contributed by atoms with Crippen molar-refractivity contribution in [3.8, 4) is 0 Å². The molecule has 2 heterocycles. The van der Waals surface area contributed by atoms with Crippen molar-refractivity contribution in [3.05, 3.63) is 58.1 Å². The third-order valence-electron chi connectivity index (χ3n) is 6.14. The fraction of sp³-hybridized carbons (Fsp3) is 0.409. The molecule has 1 amide bonds. The lowest BCUT2D eigenvalue weighted by Gasteiger charge is -2.33. The summed E-state index contributed by atoms with van der Waals surface area (Å²) in [5.41, 5.74) is 0.0865. The van der Waals surface area contributed by atoms with E-state index in [1.54, 1.807) is 4.90 Å². The molecule has 2 aliphatic rings. The number of benzene rings is 2. The third kappa shape index (κ3) is 5.41. The van der Waals surface area contributed by atoms with Crippen molar-refractivity contribution in [2.45, 2.75) is 17.7 Å². The number of nitrogens with one attached hydrogen (secondary N) is 1. The van der Waals surface area contributed by atoms with Gasteiger partial charge >= 0.3 is 0 Å². The van der Waals surface area contributed by atoms with E-state index in [4.69, 9.17) is 4.74 Å². The van der Waals surface area contributed by atoms with E-state index in [-0.39, 0.29) is 54.2 Å². The molecule has 0 spiro atoms. The van der Waals surface area contributed by atoms with Gasteiger partial charge in [-0.3, -0.25) is 14.9 Å². The summed E-state index contributed by atoms with van der Waals surface area (Å²) < 4.78 is 58.7. The Hall–Kier alpha value is -3.16. The van der Waals surface area contributed by atoms with E-state index in [9.17, 15) is 32.1 Å². The number of anilines is 2. The molecule has 2 aromatic rings. The van der Waals surface area contributed by atoms with Crippen LogP contribution in [-0.4, -0.2) is 62.9 Å². The van der Waals surface area contributed by atoms with Crippen LogP contribution in [-0.2, 0) is 19.6 Å². The topological polar surface area (TPSA) is 122 Å². The monoisotopic (exact) mass is 510 g/mol. The summed E-state index contributed by atoms with van der Waals surface area (Å²) >= 11 is 0. The first-order chi connectivity index (χ1) is 16.7. The Bertz CT molecular complexity index is 1230. The number of nitro benzene ring substituents is 1. The van der Waals surface area contributed by atoms with Gasteiger partial charge in [0.25, 0.3) is 5.69 Å². The van der Waals surface area contributed by atoms with Gasteiger partial charge in [-0.2, -0.15) is 4.31 Å². The first kappa shape index (κ1) is 24.9. The fourth-order valence-electron chi connectivity index (χ4n) is 4.21. The van der Waals surface area contributed by atoms with Crippen LogP contribution in [0.15, 0.2) is 41.3 Å². The van der Waals surface area contributed by atoms with Crippen molar-refractivity contribution >= 4 is 33.0 Å². The second kappa shape index (κ2) is 10.2. The van der Waals surface area contributed by atoms with Gasteiger partial charge < -0.3 is 15.0 Å². The number of rotatable bonds is 6. The van der Waals surface area contributed by atoms with Gasteiger partial charge in [0.2, 0.25) is 15.9 Å². The number of sulfonamides is 1. The van der Waals surface area contributed by atoms with Crippen molar-refractivity contribution in [3.63, 3.8) is 0 Å². The maximum atomic E-state index is 13.4. The molecule has 0 unspecified atom stereocenters. The zero-order valence-corrected chi connectivity index (χ0v) is 19.5. The summed E-state index contributed by atoms with van der Waals surface area (Å²) in [6.45, 7) is 1.53. The number of halogens is 2. The molecule has 10 nitrogen and oxygen atoms in total. The van der Waals surface area contributed by atoms with Gasteiger partial charge in [0.15, 0.2) is 11.6 Å². The lowest BCUT2D eigenvalue weighted by molar-refractivity contribution is -0.384. The predicted octanol–water partition coefficient (Wildman–Crippen LogP) is 2.75. The highest BCUT2D eigenvalue weighted by Crippen LogP contribution is 2.34. The average molecular weight is 511 g/mol. The quantitative estimate of drug-likeness (QED) is 0.468. The Balaban J connectivity index is 1.45. The molecule has 2 aromatic carbocycles. The van der Waals surface area contributed by atoms with Gasteiger partial charge in [-0.1, -0.05) is 0 Å². The van der Waals surface area contributed by atoms with Gasteiger partial charge in [0.05, 0.1) is 23.0 Å². The molecule has 0 atom stereocenters. The normalized spacial score (nSPS) is 17.8. The van der Waals surface area contributed by atoms with Crippen LogP contribution >= 0.6 is 0 Å². The Morgan fingerprint density at radius 3 is 2.34 bits per heavy atom. The minimum Gasteiger partial charge on any atom is -0.379 e. The maximum absolute atomic E-state index is 13.4. The van der Waals surface area contributed by atoms with E-state index in [2.05, 4.69) is 5.32 Å². The molecule has 35 heavy (non-hydrogen) atoms. The first-order valence-corrected chi connectivity index (χ1v) is 12.5. The van der Waals surface area contributed by atoms with Crippen molar-refractivity contribution in [2.24, 2.45) is 5.92 Å². The van der Waals surface area contributed by atoms with E-state index in [0.29, 0.717) is 25.9 Å². The molecule has 2 aliphatic heterocycles. The Kier molecular flexibility index (Phi) is 7.28. The molecule has 13 heteroatoms. The lowest BCUT2D eigenvalue weighted by Crippen LogP contribution is -2.40. The highest BCUT2D eigenvalue weighted by molar-refractivity contribution is 7.89. The smallest absolute Gasteiger partial charge is 0.293 e. The van der Waals surface area contributed by atoms with Crippen LogP contribution in [0.3, 0.4) is 0 Å². The Labute approximate surface area is 200 Å². The second-order valence-electron chi connectivity index (χ2n) is 8.30. The maximum Gasteiger partial charge on any atom is 0.293 e. The minimum atomic E-state index is -3.89. The zero-order valence-electron chi connectivity index (χ0n) is 18.7. The average Bonchev–Trinajstić information content (AvgIpc) is 2.86. The molecule has 188 valence electrons. The number of amides is 1. The first-order valence-electron chi connectivity index (χ1n) is 11.0.